The molecule has 0 aliphatic carbocycles. The van der Waals surface area contributed by atoms with E-state index in [-0.39, 0.29) is 41.2 Å². The molecule has 7 aliphatic heterocycles. The number of nitrogens with one attached hydrogen (secondary N) is 5. The number of aromatic nitrogens is 6. The molecule has 2 aromatic heterocycles. The molecule has 34 nitrogen and oxygen atoms in total. The number of carbonyl (C=O) groups excluding carboxylic acids is 6. The molecule has 0 unspecified atom stereocenters. The van der Waals surface area contributed by atoms with Gasteiger partial charge in [-0.15, -0.1) is 20.4 Å². The molecule has 0 radical (unpaired) electrons. The number of nitrogens with two attached hydrogens (primary N) is 1. The lowest BCUT2D eigenvalue weighted by Crippen LogP contribution is -2.50. The molecule has 9 N–H and O–H groups in total. The van der Waals surface area contributed by atoms with Gasteiger partial charge in [-0.3, -0.25) is 34.2 Å². The maximum absolute atomic E-state index is 13.4. The number of ether oxygens (including phenoxy) is 6. The number of aliphatic hydroxyl groups excluding tert-OH is 2. The number of rotatable bonds is 21. The van der Waals surface area contributed by atoms with Gasteiger partial charge in [0.2, 0.25) is 17.1 Å². The zero-order valence-corrected chi connectivity index (χ0v) is 68.3. The van der Waals surface area contributed by atoms with Crippen molar-refractivity contribution in [2.75, 3.05) is 98.1 Å². The molecule has 8 atom stereocenters. The smallest absolute Gasteiger partial charge is 0.266 e. The van der Waals surface area contributed by atoms with Crippen LogP contribution in [0.3, 0.4) is 0 Å². The summed E-state index contributed by atoms with van der Waals surface area (Å²) in [5, 5.41) is 56.1. The van der Waals surface area contributed by atoms with Gasteiger partial charge in [0.05, 0.1) is 31.0 Å². The molecule has 7 fully saturated rings. The molecule has 4 aromatic carbocycles. The quantitative estimate of drug-likeness (QED) is 0.0118. The number of ketones is 1. The molecule has 7 saturated heterocycles. The van der Waals surface area contributed by atoms with E-state index in [2.05, 4.69) is 70.9 Å². The van der Waals surface area contributed by atoms with Gasteiger partial charge in [0.15, 0.2) is 77.5 Å². The largest absolute Gasteiger partial charge is 0.382 e. The van der Waals surface area contributed by atoms with Gasteiger partial charge in [-0.05, 0) is 196 Å². The highest BCUT2D eigenvalue weighted by Gasteiger charge is 2.51. The second-order valence-electron chi connectivity index (χ2n) is 31.7. The molecule has 0 spiro atoms. The molecule has 120 heavy (non-hydrogen) atoms. The second kappa shape index (κ2) is 40.6. The molecular formula is C82H102F4N20O14. The van der Waals surface area contributed by atoms with Crippen LogP contribution in [0.2, 0.25) is 0 Å². The van der Waals surface area contributed by atoms with Gasteiger partial charge in [0.25, 0.3) is 29.5 Å². The zero-order valence-electron chi connectivity index (χ0n) is 68.3. The fourth-order valence-electron chi connectivity index (χ4n) is 15.3. The second-order valence-corrected chi connectivity index (χ2v) is 31.7. The van der Waals surface area contributed by atoms with Gasteiger partial charge in [0.1, 0.15) is 48.1 Å². The van der Waals surface area contributed by atoms with Crippen LogP contribution in [0.25, 0.3) is 14.5 Å². The summed E-state index contributed by atoms with van der Waals surface area (Å²) in [5.41, 5.74) is 6.17. The van der Waals surface area contributed by atoms with E-state index < -0.39 is 107 Å². The highest BCUT2D eigenvalue weighted by molar-refractivity contribution is 5.92. The normalized spacial score (nSPS) is 22.0. The fraction of sp³-hybridized carbons (Fsp3) is 0.537. The Bertz CT molecular complexity index is 4780. The molecule has 7 aliphatic rings. The third-order valence-electron chi connectivity index (χ3n) is 21.8. The van der Waals surface area contributed by atoms with Gasteiger partial charge in [-0.1, -0.05) is 0 Å². The number of Topliss-reactive ketones (excluding diaryl/α,β-unsaturated/α-hetero) is 1. The fourth-order valence-corrected chi connectivity index (χ4v) is 15.3. The van der Waals surface area contributed by atoms with Crippen LogP contribution in [0.15, 0.2) is 85.5 Å². The van der Waals surface area contributed by atoms with E-state index in [1.165, 1.54) is 66.3 Å². The highest BCUT2D eigenvalue weighted by atomic mass is 19.1. The Labute approximate surface area is 692 Å². The number of piperidine rings is 4. The van der Waals surface area contributed by atoms with Crippen LogP contribution >= 0.6 is 0 Å². The third kappa shape index (κ3) is 23.6. The average Bonchev–Trinajstić information content (AvgIpc) is 1.62. The number of hydrazine groups is 1. The maximum Gasteiger partial charge on any atom is 0.266 e. The highest BCUT2D eigenvalue weighted by Crippen LogP contribution is 2.40. The number of halogens is 4. The number of carbonyl (C=O) groups is 6. The van der Waals surface area contributed by atoms with E-state index in [9.17, 15) is 61.8 Å². The molecule has 13 rings (SSSR count). The number of benzene rings is 4. The average molecular weight is 1670 g/mol. The van der Waals surface area contributed by atoms with E-state index in [1.807, 2.05) is 16.4 Å². The van der Waals surface area contributed by atoms with Crippen molar-refractivity contribution in [1.82, 2.24) is 56.2 Å². The number of nitriles is 1. The lowest BCUT2D eigenvalue weighted by atomic mass is 9.95. The van der Waals surface area contributed by atoms with E-state index in [0.29, 0.717) is 92.4 Å². The molecule has 38 heteroatoms. The summed E-state index contributed by atoms with van der Waals surface area (Å²) in [4.78, 5) is 92.5. The molecule has 0 saturated carbocycles. The lowest BCUT2D eigenvalue weighted by Gasteiger charge is -2.34. The van der Waals surface area contributed by atoms with Gasteiger partial charge in [-0.2, -0.15) is 5.26 Å². The first-order chi connectivity index (χ1) is 57.1. The minimum atomic E-state index is -1.64. The number of amides is 5. The summed E-state index contributed by atoms with van der Waals surface area (Å²) in [6, 6.07) is 19.0. The Balaban J connectivity index is 0.000000168. The SMILES string of the molecule is Cn1cnnc1[C@H](O)[C@@H](O)C(=O)NCC1CCN(c2ccc(F)cc2C#N)CC1.[C-]#[N+]c1cc(F)ccc1N1CCC(CNC(=O)[C@@H]2OC(C)(C)O[C@H]2C(=O)NN)CC1.[C-]#[N+]c1cc(F)ccc1N1CCC(CNC(=O)[C@@H]2OC(C)(C)O[C@H]2C(C)=O)CC1.[C-]#[N+]c1cc(F)ccc1N1CCC(CNC(=O)[C@@H]2OC(C)(C)O[C@H]2c2nncn2C)CC1. The van der Waals surface area contributed by atoms with Crippen LogP contribution in [-0.2, 0) is 71.3 Å². The van der Waals surface area contributed by atoms with Crippen LogP contribution in [0, 0.1) is 78.0 Å². The van der Waals surface area contributed by atoms with Crippen LogP contribution in [0.5, 0.6) is 0 Å². The molecule has 5 amide bonds. The van der Waals surface area contributed by atoms with E-state index in [0.717, 1.165) is 94.6 Å². The predicted molar refractivity (Wildman–Crippen MR) is 427 cm³/mol. The number of anilines is 4. The number of hydrogen-bond donors (Lipinski definition) is 8. The van der Waals surface area contributed by atoms with Crippen molar-refractivity contribution < 1.29 is 85.0 Å². The van der Waals surface area contributed by atoms with Gasteiger partial charge in [-0.25, -0.2) is 37.9 Å². The van der Waals surface area contributed by atoms with E-state index in [1.54, 1.807) is 90.8 Å². The standard InChI is InChI=1S/C22H27FN6O3.C21H26FN3O4.C20H26FN5O4.C19H23FN6O3/c1-22(2)31-18(20-27-26-13-28(20)4)19(32-22)21(30)25-12-14-7-9-29(10-8-14)17-6-5-15(23)11-16(17)24-3;1-13(26)18-19(29-21(2,3)28-18)20(27)24-12-14-7-9-25(10-8-14)17-6-5-15(22)11-16(17)23-4;1-20(2)29-16(17(30-20)19(28)25-22)18(27)24-11-12-6-8-26(9-7-12)15-5-4-13(21)10-14(15)23-3;1-25-11-23-24-18(25)16(27)17(28)19(29)22-10-12-4-6-26(7-5-12)15-3-2-14(20)8-13(15)9-21/h5-6,11,13-14,18-19H,7-10,12H2,1-2,4H3,(H,25,30);5-6,11,14,18-19H,7-10,12H2,1-3H3,(H,24,27);4-5,10,12,16-17H,6-9,11,22H2,1-2H3,(H,24,27)(H,25,28);2-3,8,11-12,16-17,27-28H,4-7,10H2,1H3,(H,22,29)/t18-,19-;18-,19+;2*16-,17-/m1011/s1. The first-order valence-corrected chi connectivity index (χ1v) is 39.5. The topological polar surface area (TPSA) is 396 Å². The minimum absolute atomic E-state index is 0.105. The summed E-state index contributed by atoms with van der Waals surface area (Å²) < 4.78 is 90.6. The summed E-state index contributed by atoms with van der Waals surface area (Å²) in [6.45, 7) is 40.8. The Morgan fingerprint density at radius 1 is 0.500 bits per heavy atom. The first kappa shape index (κ1) is 91.0. The van der Waals surface area contributed by atoms with Crippen LogP contribution in [0.1, 0.15) is 129 Å². The number of hydrogen-bond acceptors (Lipinski definition) is 24. The first-order valence-electron chi connectivity index (χ1n) is 39.5. The lowest BCUT2D eigenvalue weighted by molar-refractivity contribution is -0.159. The van der Waals surface area contributed by atoms with Crippen molar-refractivity contribution in [2.24, 2.45) is 43.6 Å². The Kier molecular flexibility index (Phi) is 30.8. The Morgan fingerprint density at radius 2 is 0.833 bits per heavy atom. The molecule has 0 bridgehead atoms. The Hall–Kier alpha value is -11.3. The zero-order chi connectivity index (χ0) is 86.9. The van der Waals surface area contributed by atoms with Gasteiger partial charge in [0, 0.05) is 110 Å². The van der Waals surface area contributed by atoms with Crippen molar-refractivity contribution in [3.8, 4) is 6.07 Å². The predicted octanol–water partition coefficient (Wildman–Crippen LogP) is 7.02. The molecular weight excluding hydrogens is 1570 g/mol. The summed E-state index contributed by atoms with van der Waals surface area (Å²) in [7, 11) is 3.41. The summed E-state index contributed by atoms with van der Waals surface area (Å²) >= 11 is 0. The number of aryl methyl sites for hydroxylation is 2. The minimum Gasteiger partial charge on any atom is -0.382 e. The van der Waals surface area contributed by atoms with Gasteiger partial charge >= 0.3 is 0 Å². The molecule has 6 aromatic rings. The van der Waals surface area contributed by atoms with Gasteiger partial charge < -0.3 is 88.6 Å². The van der Waals surface area contributed by atoms with E-state index >= 15 is 0 Å². The number of nitrogens with zero attached hydrogens (tertiary/aromatic N) is 14. The van der Waals surface area contributed by atoms with Crippen LogP contribution in [-0.4, -0.2) is 208 Å². The van der Waals surface area contributed by atoms with Crippen molar-refractivity contribution in [3.63, 3.8) is 0 Å². The van der Waals surface area contributed by atoms with Crippen LogP contribution in [0.4, 0.5) is 57.4 Å². The summed E-state index contributed by atoms with van der Waals surface area (Å²) in [5.74, 6) is -0.337. The van der Waals surface area contributed by atoms with Crippen molar-refractivity contribution in [1.29, 1.82) is 5.26 Å². The Morgan fingerprint density at radius 3 is 1.20 bits per heavy atom. The van der Waals surface area contributed by atoms with Crippen molar-refractivity contribution in [2.45, 2.75) is 166 Å². The third-order valence-corrected chi connectivity index (χ3v) is 21.8. The van der Waals surface area contributed by atoms with E-state index in [4.69, 9.17) is 54.0 Å². The molecule has 642 valence electrons. The van der Waals surface area contributed by atoms with Crippen molar-refractivity contribution >= 4 is 75.1 Å². The van der Waals surface area contributed by atoms with Crippen molar-refractivity contribution in [3.05, 3.63) is 160 Å². The maximum atomic E-state index is 13.4. The number of aliphatic hydroxyl groups is 2. The van der Waals surface area contributed by atoms with Crippen LogP contribution < -0.4 is 52.1 Å². The monoisotopic (exact) mass is 1670 g/mol. The summed E-state index contributed by atoms with van der Waals surface area (Å²) in [6.07, 6.45) is 0.868. The molecule has 9 heterocycles.